The molecule has 1 amide bonds. The van der Waals surface area contributed by atoms with Crippen LogP contribution in [0.25, 0.3) is 0 Å². The van der Waals surface area contributed by atoms with Gasteiger partial charge in [-0.05, 0) is 37.8 Å². The Labute approximate surface area is 115 Å². The average molecular weight is 261 g/mol. The number of carbonyl (C=O) groups excluding carboxylic acids is 1. The van der Waals surface area contributed by atoms with Crippen LogP contribution in [0.2, 0.25) is 0 Å². The molecule has 19 heavy (non-hydrogen) atoms. The smallest absolute Gasteiger partial charge is 0.254 e. The maximum absolute atomic E-state index is 12.6. The molecule has 2 rings (SSSR count). The Balaban J connectivity index is 2.32. The molecule has 1 saturated heterocycles. The molecule has 4 nitrogen and oxygen atoms in total. The fourth-order valence-electron chi connectivity index (χ4n) is 2.50. The Bertz CT molecular complexity index is 470. The Morgan fingerprint density at radius 3 is 2.74 bits per heavy atom. The Morgan fingerprint density at radius 2 is 2.21 bits per heavy atom. The number of nitrogens with one attached hydrogen (secondary N) is 1. The van der Waals surface area contributed by atoms with E-state index in [1.807, 2.05) is 24.1 Å². The first-order chi connectivity index (χ1) is 9.02. The number of anilines is 1. The number of carbonyl (C=O) groups is 1. The van der Waals surface area contributed by atoms with Crippen molar-refractivity contribution in [2.75, 3.05) is 18.9 Å². The van der Waals surface area contributed by atoms with Crippen molar-refractivity contribution in [3.8, 4) is 0 Å². The first-order valence-corrected chi connectivity index (χ1v) is 7.03. The summed E-state index contributed by atoms with van der Waals surface area (Å²) in [5.41, 5.74) is 1.71. The van der Waals surface area contributed by atoms with Gasteiger partial charge >= 0.3 is 0 Å². The molecule has 1 fully saturated rings. The second-order valence-electron chi connectivity index (χ2n) is 5.56. The molecule has 0 aromatic carbocycles. The zero-order valence-electron chi connectivity index (χ0n) is 12.2. The van der Waals surface area contributed by atoms with Crippen LogP contribution in [-0.4, -0.2) is 35.4 Å². The molecule has 0 bridgehead atoms. The van der Waals surface area contributed by atoms with E-state index in [1.165, 1.54) is 0 Å². The zero-order chi connectivity index (χ0) is 14.0. The Morgan fingerprint density at radius 1 is 1.47 bits per heavy atom. The van der Waals surface area contributed by atoms with Crippen LogP contribution < -0.4 is 5.32 Å². The molecule has 0 radical (unpaired) electrons. The lowest BCUT2D eigenvalue weighted by Crippen LogP contribution is -2.33. The topological polar surface area (TPSA) is 45.2 Å². The predicted octanol–water partition coefficient (Wildman–Crippen LogP) is 2.87. The minimum Gasteiger partial charge on any atom is -0.373 e. The lowest BCUT2D eigenvalue weighted by molar-refractivity contribution is 0.0747. The van der Waals surface area contributed by atoms with Crippen LogP contribution in [-0.2, 0) is 0 Å². The highest BCUT2D eigenvalue weighted by Gasteiger charge is 2.26. The summed E-state index contributed by atoms with van der Waals surface area (Å²) in [7, 11) is 1.83. The van der Waals surface area contributed by atoms with E-state index in [-0.39, 0.29) is 5.91 Å². The fourth-order valence-corrected chi connectivity index (χ4v) is 2.50. The number of rotatable bonds is 3. The summed E-state index contributed by atoms with van der Waals surface area (Å²) >= 11 is 0. The number of aromatic nitrogens is 1. The summed E-state index contributed by atoms with van der Waals surface area (Å²) < 4.78 is 0. The summed E-state index contributed by atoms with van der Waals surface area (Å²) in [5, 5.41) is 3.04. The van der Waals surface area contributed by atoms with Crippen molar-refractivity contribution in [2.24, 2.45) is 0 Å². The van der Waals surface area contributed by atoms with E-state index in [0.717, 1.165) is 36.5 Å². The van der Waals surface area contributed by atoms with Gasteiger partial charge in [0.2, 0.25) is 0 Å². The van der Waals surface area contributed by atoms with Crippen molar-refractivity contribution in [1.29, 1.82) is 0 Å². The molecule has 1 aromatic heterocycles. The normalized spacial score (nSPS) is 19.0. The summed E-state index contributed by atoms with van der Waals surface area (Å²) in [6.45, 7) is 7.17. The van der Waals surface area contributed by atoms with Gasteiger partial charge in [-0.2, -0.15) is 0 Å². The van der Waals surface area contributed by atoms with Crippen LogP contribution in [0.1, 0.15) is 55.6 Å². The molecule has 0 aliphatic carbocycles. The van der Waals surface area contributed by atoms with Crippen molar-refractivity contribution in [3.63, 3.8) is 0 Å². The number of hydrogen-bond acceptors (Lipinski definition) is 3. The van der Waals surface area contributed by atoms with Crippen LogP contribution in [0.15, 0.2) is 12.1 Å². The van der Waals surface area contributed by atoms with Crippen molar-refractivity contribution in [2.45, 2.75) is 45.6 Å². The molecule has 104 valence electrons. The molecule has 0 saturated carbocycles. The van der Waals surface area contributed by atoms with E-state index in [9.17, 15) is 4.79 Å². The molecule has 1 aliphatic rings. The van der Waals surface area contributed by atoms with Crippen LogP contribution in [0.4, 0.5) is 5.82 Å². The van der Waals surface area contributed by atoms with Gasteiger partial charge in [0.15, 0.2) is 0 Å². The Kier molecular flexibility index (Phi) is 4.08. The molecular formula is C15H23N3O. The van der Waals surface area contributed by atoms with Gasteiger partial charge in [-0.1, -0.05) is 13.8 Å². The van der Waals surface area contributed by atoms with Crippen LogP contribution in [0, 0.1) is 0 Å². The Hall–Kier alpha value is -1.58. The number of likely N-dealkylation sites (tertiary alicyclic amines) is 1. The van der Waals surface area contributed by atoms with Gasteiger partial charge in [-0.3, -0.25) is 4.79 Å². The van der Waals surface area contributed by atoms with Crippen LogP contribution >= 0.6 is 0 Å². The molecule has 1 atom stereocenters. The lowest BCUT2D eigenvalue weighted by Gasteiger charge is -2.22. The molecule has 1 unspecified atom stereocenters. The van der Waals surface area contributed by atoms with Gasteiger partial charge in [0.25, 0.3) is 5.91 Å². The molecule has 1 aromatic rings. The highest BCUT2D eigenvalue weighted by molar-refractivity contribution is 5.95. The summed E-state index contributed by atoms with van der Waals surface area (Å²) in [6.07, 6.45) is 2.21. The van der Waals surface area contributed by atoms with E-state index in [2.05, 4.69) is 31.1 Å². The van der Waals surface area contributed by atoms with Crippen LogP contribution in [0.3, 0.4) is 0 Å². The van der Waals surface area contributed by atoms with Gasteiger partial charge < -0.3 is 10.2 Å². The van der Waals surface area contributed by atoms with E-state index in [0.29, 0.717) is 12.0 Å². The van der Waals surface area contributed by atoms with Gasteiger partial charge in [0, 0.05) is 30.9 Å². The molecule has 1 N–H and O–H groups in total. The minimum absolute atomic E-state index is 0.130. The fraction of sp³-hybridized carbons (Fsp3) is 0.600. The third kappa shape index (κ3) is 2.88. The van der Waals surface area contributed by atoms with Crippen molar-refractivity contribution in [3.05, 3.63) is 23.4 Å². The average Bonchev–Trinajstić information content (AvgIpc) is 2.83. The summed E-state index contributed by atoms with van der Waals surface area (Å²) in [5.74, 6) is 1.21. The van der Waals surface area contributed by atoms with Gasteiger partial charge in [0.1, 0.15) is 5.82 Å². The second kappa shape index (κ2) is 5.59. The first kappa shape index (κ1) is 13.8. The van der Waals surface area contributed by atoms with E-state index < -0.39 is 0 Å². The van der Waals surface area contributed by atoms with E-state index >= 15 is 0 Å². The van der Waals surface area contributed by atoms with Crippen LogP contribution in [0.5, 0.6) is 0 Å². The maximum Gasteiger partial charge on any atom is 0.254 e. The molecule has 0 spiro atoms. The summed E-state index contributed by atoms with van der Waals surface area (Å²) in [6, 6.07) is 4.12. The van der Waals surface area contributed by atoms with Gasteiger partial charge in [-0.25, -0.2) is 4.98 Å². The first-order valence-electron chi connectivity index (χ1n) is 7.03. The number of hydrogen-bond donors (Lipinski definition) is 1. The minimum atomic E-state index is 0.130. The highest BCUT2D eigenvalue weighted by atomic mass is 16.2. The number of nitrogens with zero attached hydrogens (tertiary/aromatic N) is 2. The van der Waals surface area contributed by atoms with Crippen molar-refractivity contribution in [1.82, 2.24) is 9.88 Å². The third-order valence-electron chi connectivity index (χ3n) is 3.75. The standard InChI is InChI=1S/C15H23N3O/c1-10(2)13-8-12(9-14(16-4)17-13)15(19)18-7-5-6-11(18)3/h8-11H,5-7H2,1-4H3,(H,16,17). The zero-order valence-corrected chi connectivity index (χ0v) is 12.2. The largest absolute Gasteiger partial charge is 0.373 e. The van der Waals surface area contributed by atoms with Gasteiger partial charge in [-0.15, -0.1) is 0 Å². The maximum atomic E-state index is 12.6. The molecule has 4 heteroatoms. The monoisotopic (exact) mass is 261 g/mol. The molecule has 1 aliphatic heterocycles. The SMILES string of the molecule is CNc1cc(C(=O)N2CCCC2C)cc(C(C)C)n1. The number of amides is 1. The number of pyridine rings is 1. The molecular weight excluding hydrogens is 238 g/mol. The highest BCUT2D eigenvalue weighted by Crippen LogP contribution is 2.23. The van der Waals surface area contributed by atoms with Crippen molar-refractivity contribution < 1.29 is 4.79 Å². The predicted molar refractivity (Wildman–Crippen MR) is 77.6 cm³/mol. The van der Waals surface area contributed by atoms with Gasteiger partial charge in [0.05, 0.1) is 0 Å². The van der Waals surface area contributed by atoms with Crippen molar-refractivity contribution >= 4 is 11.7 Å². The summed E-state index contributed by atoms with van der Waals surface area (Å²) in [4.78, 5) is 19.0. The third-order valence-corrected chi connectivity index (χ3v) is 3.75. The lowest BCUT2D eigenvalue weighted by atomic mass is 10.1. The van der Waals surface area contributed by atoms with E-state index in [1.54, 1.807) is 0 Å². The quantitative estimate of drug-likeness (QED) is 0.910. The van der Waals surface area contributed by atoms with E-state index in [4.69, 9.17) is 0 Å². The molecule has 2 heterocycles. The second-order valence-corrected chi connectivity index (χ2v) is 5.56.